The standard InChI is InChI=1S/C20H12ClFN2O2/c21-16-11-14(22)7-9-18(16)23-20(25)13-6-8-17-15(10-13)19(26-24-17)12-4-2-1-3-5-12/h1-11H,(H,23,25). The summed E-state index contributed by atoms with van der Waals surface area (Å²) in [6, 6.07) is 18.4. The summed E-state index contributed by atoms with van der Waals surface area (Å²) in [5.74, 6) is -0.234. The summed E-state index contributed by atoms with van der Waals surface area (Å²) < 4.78 is 18.6. The van der Waals surface area contributed by atoms with Gasteiger partial charge in [-0.2, -0.15) is 0 Å². The molecule has 1 amide bonds. The number of benzene rings is 3. The summed E-state index contributed by atoms with van der Waals surface area (Å²) in [6.45, 7) is 0. The Labute approximate surface area is 153 Å². The Morgan fingerprint density at radius 2 is 1.85 bits per heavy atom. The van der Waals surface area contributed by atoms with Crippen molar-refractivity contribution in [1.82, 2.24) is 5.16 Å². The summed E-state index contributed by atoms with van der Waals surface area (Å²) in [5.41, 5.74) is 2.28. The van der Waals surface area contributed by atoms with Gasteiger partial charge in [0.1, 0.15) is 11.3 Å². The van der Waals surface area contributed by atoms with Gasteiger partial charge < -0.3 is 9.84 Å². The largest absolute Gasteiger partial charge is 0.355 e. The lowest BCUT2D eigenvalue weighted by Crippen LogP contribution is -2.12. The van der Waals surface area contributed by atoms with E-state index >= 15 is 0 Å². The van der Waals surface area contributed by atoms with Gasteiger partial charge in [-0.05, 0) is 36.4 Å². The molecule has 0 saturated heterocycles. The average molecular weight is 367 g/mol. The van der Waals surface area contributed by atoms with Crippen LogP contribution in [0, 0.1) is 5.82 Å². The molecule has 3 aromatic carbocycles. The minimum Gasteiger partial charge on any atom is -0.355 e. The number of nitrogens with one attached hydrogen (secondary N) is 1. The Morgan fingerprint density at radius 3 is 2.62 bits per heavy atom. The molecule has 0 fully saturated rings. The molecule has 1 N–H and O–H groups in total. The smallest absolute Gasteiger partial charge is 0.255 e. The quantitative estimate of drug-likeness (QED) is 0.518. The fourth-order valence-electron chi connectivity index (χ4n) is 2.67. The number of rotatable bonds is 3. The maximum Gasteiger partial charge on any atom is 0.255 e. The molecule has 0 saturated carbocycles. The lowest BCUT2D eigenvalue weighted by molar-refractivity contribution is 0.102. The van der Waals surface area contributed by atoms with Crippen LogP contribution >= 0.6 is 11.6 Å². The van der Waals surface area contributed by atoms with Crippen molar-refractivity contribution in [3.05, 3.63) is 83.1 Å². The fraction of sp³-hybridized carbons (Fsp3) is 0. The third-order valence-electron chi connectivity index (χ3n) is 3.95. The van der Waals surface area contributed by atoms with Gasteiger partial charge in [-0.1, -0.05) is 47.1 Å². The highest BCUT2D eigenvalue weighted by Gasteiger charge is 2.15. The molecule has 0 radical (unpaired) electrons. The van der Waals surface area contributed by atoms with Gasteiger partial charge in [0.2, 0.25) is 0 Å². The summed E-state index contributed by atoms with van der Waals surface area (Å²) in [5, 5.41) is 7.58. The van der Waals surface area contributed by atoms with Crippen molar-refractivity contribution in [3.63, 3.8) is 0 Å². The van der Waals surface area contributed by atoms with Crippen LogP contribution in [0.25, 0.3) is 22.2 Å². The summed E-state index contributed by atoms with van der Waals surface area (Å²) >= 11 is 5.96. The maximum absolute atomic E-state index is 13.1. The van der Waals surface area contributed by atoms with E-state index in [1.165, 1.54) is 12.1 Å². The van der Waals surface area contributed by atoms with Crippen molar-refractivity contribution >= 4 is 34.1 Å². The van der Waals surface area contributed by atoms with Crippen molar-refractivity contribution in [2.75, 3.05) is 5.32 Å². The first-order valence-corrected chi connectivity index (χ1v) is 8.21. The first-order chi connectivity index (χ1) is 12.6. The minimum atomic E-state index is -0.466. The molecule has 0 spiro atoms. The zero-order chi connectivity index (χ0) is 18.1. The molecule has 1 heterocycles. The Balaban J connectivity index is 1.69. The Bertz CT molecular complexity index is 1110. The highest BCUT2D eigenvalue weighted by atomic mass is 35.5. The summed E-state index contributed by atoms with van der Waals surface area (Å²) in [6.07, 6.45) is 0. The Morgan fingerprint density at radius 1 is 1.04 bits per heavy atom. The van der Waals surface area contributed by atoms with E-state index in [1.54, 1.807) is 18.2 Å². The van der Waals surface area contributed by atoms with Crippen LogP contribution in [-0.2, 0) is 0 Å². The van der Waals surface area contributed by atoms with Gasteiger partial charge in [0.15, 0.2) is 5.76 Å². The molecule has 128 valence electrons. The first kappa shape index (κ1) is 16.3. The molecule has 26 heavy (non-hydrogen) atoms. The van der Waals surface area contributed by atoms with Gasteiger partial charge in [-0.3, -0.25) is 4.79 Å². The Kier molecular flexibility index (Phi) is 4.14. The number of fused-ring (bicyclic) bond motifs is 1. The van der Waals surface area contributed by atoms with Crippen molar-refractivity contribution in [2.24, 2.45) is 0 Å². The minimum absolute atomic E-state index is 0.134. The van der Waals surface area contributed by atoms with E-state index in [0.29, 0.717) is 22.5 Å². The van der Waals surface area contributed by atoms with E-state index in [-0.39, 0.29) is 10.9 Å². The van der Waals surface area contributed by atoms with E-state index in [2.05, 4.69) is 10.5 Å². The van der Waals surface area contributed by atoms with Crippen LogP contribution in [0.1, 0.15) is 10.4 Å². The molecular formula is C20H12ClFN2O2. The molecule has 0 aliphatic heterocycles. The molecule has 4 aromatic rings. The lowest BCUT2D eigenvalue weighted by atomic mass is 10.1. The summed E-state index contributed by atoms with van der Waals surface area (Å²) in [4.78, 5) is 12.6. The van der Waals surface area contributed by atoms with E-state index in [1.807, 2.05) is 30.3 Å². The first-order valence-electron chi connectivity index (χ1n) is 7.83. The van der Waals surface area contributed by atoms with Crippen LogP contribution < -0.4 is 5.32 Å². The van der Waals surface area contributed by atoms with Crippen LogP contribution in [0.4, 0.5) is 10.1 Å². The maximum atomic E-state index is 13.1. The topological polar surface area (TPSA) is 55.1 Å². The number of nitrogens with zero attached hydrogens (tertiary/aromatic N) is 1. The van der Waals surface area contributed by atoms with Gasteiger partial charge in [0.25, 0.3) is 5.91 Å². The number of anilines is 1. The van der Waals surface area contributed by atoms with Crippen LogP contribution in [0.3, 0.4) is 0 Å². The second-order valence-corrected chi connectivity index (χ2v) is 6.10. The third-order valence-corrected chi connectivity index (χ3v) is 4.27. The molecule has 0 aliphatic carbocycles. The SMILES string of the molecule is O=C(Nc1ccc(F)cc1Cl)c1ccc2noc(-c3ccccc3)c2c1. The third kappa shape index (κ3) is 3.05. The number of carbonyl (C=O) groups is 1. The van der Waals surface area contributed by atoms with Crippen LogP contribution in [0.2, 0.25) is 5.02 Å². The second-order valence-electron chi connectivity index (χ2n) is 5.69. The molecule has 1 aromatic heterocycles. The molecule has 4 rings (SSSR count). The zero-order valence-electron chi connectivity index (χ0n) is 13.4. The number of carbonyl (C=O) groups excluding carboxylic acids is 1. The average Bonchev–Trinajstić information content (AvgIpc) is 3.08. The fourth-order valence-corrected chi connectivity index (χ4v) is 2.88. The van der Waals surface area contributed by atoms with Gasteiger partial charge in [-0.25, -0.2) is 4.39 Å². The van der Waals surface area contributed by atoms with Gasteiger partial charge >= 0.3 is 0 Å². The lowest BCUT2D eigenvalue weighted by Gasteiger charge is -2.07. The predicted octanol–water partition coefficient (Wildman–Crippen LogP) is 5.54. The van der Waals surface area contributed by atoms with Crippen LogP contribution in [0.15, 0.2) is 71.3 Å². The van der Waals surface area contributed by atoms with E-state index in [4.69, 9.17) is 16.1 Å². The zero-order valence-corrected chi connectivity index (χ0v) is 14.1. The number of amides is 1. The number of hydrogen-bond donors (Lipinski definition) is 1. The normalized spacial score (nSPS) is 10.8. The van der Waals surface area contributed by atoms with Crippen molar-refractivity contribution < 1.29 is 13.7 Å². The number of halogens is 2. The summed E-state index contributed by atoms with van der Waals surface area (Å²) in [7, 11) is 0. The highest BCUT2D eigenvalue weighted by molar-refractivity contribution is 6.34. The molecule has 4 nitrogen and oxygen atoms in total. The Hall–Kier alpha value is -3.18. The highest BCUT2D eigenvalue weighted by Crippen LogP contribution is 2.30. The van der Waals surface area contributed by atoms with Crippen molar-refractivity contribution in [2.45, 2.75) is 0 Å². The molecule has 0 unspecified atom stereocenters. The van der Waals surface area contributed by atoms with E-state index < -0.39 is 5.82 Å². The molecule has 6 heteroatoms. The monoisotopic (exact) mass is 366 g/mol. The second kappa shape index (κ2) is 6.61. The number of hydrogen-bond acceptors (Lipinski definition) is 3. The van der Waals surface area contributed by atoms with Gasteiger partial charge in [0.05, 0.1) is 16.1 Å². The van der Waals surface area contributed by atoms with Gasteiger partial charge in [-0.15, -0.1) is 0 Å². The molecule has 0 bridgehead atoms. The number of aromatic nitrogens is 1. The molecule has 0 atom stereocenters. The van der Waals surface area contributed by atoms with Crippen LogP contribution in [0.5, 0.6) is 0 Å². The van der Waals surface area contributed by atoms with Gasteiger partial charge in [0, 0.05) is 11.1 Å². The van der Waals surface area contributed by atoms with E-state index in [9.17, 15) is 9.18 Å². The molecular weight excluding hydrogens is 355 g/mol. The van der Waals surface area contributed by atoms with Crippen molar-refractivity contribution in [3.8, 4) is 11.3 Å². The van der Waals surface area contributed by atoms with E-state index in [0.717, 1.165) is 17.0 Å². The predicted molar refractivity (Wildman–Crippen MR) is 98.8 cm³/mol. The van der Waals surface area contributed by atoms with Crippen molar-refractivity contribution in [1.29, 1.82) is 0 Å². The van der Waals surface area contributed by atoms with Crippen LogP contribution in [-0.4, -0.2) is 11.1 Å². The molecule has 0 aliphatic rings.